The van der Waals surface area contributed by atoms with E-state index in [2.05, 4.69) is 38.2 Å². The average Bonchev–Trinajstić information content (AvgIpc) is 3.38. The lowest BCUT2D eigenvalue weighted by Crippen LogP contribution is -2.35. The van der Waals surface area contributed by atoms with E-state index in [1.54, 1.807) is 0 Å². The molecule has 0 aliphatic heterocycles. The van der Waals surface area contributed by atoms with Gasteiger partial charge in [-0.1, -0.05) is 0 Å². The van der Waals surface area contributed by atoms with Crippen LogP contribution in [0.3, 0.4) is 0 Å². The van der Waals surface area contributed by atoms with Crippen LogP contribution in [0.5, 0.6) is 0 Å². The number of rotatable bonds is 4. The van der Waals surface area contributed by atoms with Crippen molar-refractivity contribution in [1.82, 2.24) is 19.9 Å². The van der Waals surface area contributed by atoms with Gasteiger partial charge in [-0.15, -0.1) is 0 Å². The van der Waals surface area contributed by atoms with E-state index in [0.717, 1.165) is 12.8 Å². The van der Waals surface area contributed by atoms with Crippen molar-refractivity contribution in [2.24, 2.45) is 28.2 Å². The van der Waals surface area contributed by atoms with Gasteiger partial charge in [0.25, 0.3) is 23.3 Å². The third-order valence-electron chi connectivity index (χ3n) is 4.57. The highest BCUT2D eigenvalue weighted by molar-refractivity contribution is 4.91. The summed E-state index contributed by atoms with van der Waals surface area (Å²) < 4.78 is 8.34. The van der Waals surface area contributed by atoms with Crippen LogP contribution in [-0.4, -0.2) is 19.9 Å². The first-order chi connectivity index (χ1) is 12.5. The van der Waals surface area contributed by atoms with Crippen LogP contribution in [0.1, 0.15) is 23.3 Å². The first-order valence-electron chi connectivity index (χ1n) is 8.62. The number of aromatic nitrogens is 8. The van der Waals surface area contributed by atoms with Crippen molar-refractivity contribution in [3.05, 3.63) is 72.9 Å². The number of aromatic amines is 4. The molecule has 4 aromatic rings. The Morgan fingerprint density at radius 3 is 0.885 bits per heavy atom. The van der Waals surface area contributed by atoms with Crippen LogP contribution in [-0.2, 0) is 41.0 Å². The second-order valence-corrected chi connectivity index (χ2v) is 6.42. The second kappa shape index (κ2) is 7.81. The number of imidazole rings is 4. The highest BCUT2D eigenvalue weighted by Gasteiger charge is 2.15. The van der Waals surface area contributed by atoms with Crippen molar-refractivity contribution in [3.63, 3.8) is 0 Å². The molecular weight excluding hydrogens is 328 g/mol. The van der Waals surface area contributed by atoms with Gasteiger partial charge in [0.2, 0.25) is 0 Å². The Morgan fingerprint density at radius 2 is 0.731 bits per heavy atom. The second-order valence-electron chi connectivity index (χ2n) is 6.42. The summed E-state index contributed by atoms with van der Waals surface area (Å²) in [6, 6.07) is 0. The normalized spacial score (nSPS) is 10.6. The summed E-state index contributed by atoms with van der Waals surface area (Å²) in [6.07, 6.45) is 17.6. The SMILES string of the molecule is C[n+]1cc[nH]c1Cc1[nH]cc[n+]1C.C[n+]1cc[nH]c1Cc1[nH]cc[n+]1C. The van der Waals surface area contributed by atoms with Crippen molar-refractivity contribution in [1.29, 1.82) is 0 Å². The molecule has 4 aromatic heterocycles. The molecule has 8 nitrogen and oxygen atoms in total. The summed E-state index contributed by atoms with van der Waals surface area (Å²) in [6.45, 7) is 0. The van der Waals surface area contributed by atoms with Gasteiger partial charge in [0, 0.05) is 0 Å². The number of nitrogens with one attached hydrogen (secondary N) is 4. The number of hydrogen-bond donors (Lipinski definition) is 4. The molecule has 0 saturated heterocycles. The molecule has 0 bridgehead atoms. The van der Waals surface area contributed by atoms with Crippen molar-refractivity contribution in [2.45, 2.75) is 12.8 Å². The Kier molecular flexibility index (Phi) is 5.31. The molecule has 0 unspecified atom stereocenters. The smallest absolute Gasteiger partial charge is 0.247 e. The summed E-state index contributed by atoms with van der Waals surface area (Å²) in [5, 5.41) is 0. The van der Waals surface area contributed by atoms with Gasteiger partial charge in [-0.25, -0.2) is 38.2 Å². The van der Waals surface area contributed by atoms with Crippen molar-refractivity contribution < 1.29 is 18.3 Å². The molecule has 0 aliphatic carbocycles. The van der Waals surface area contributed by atoms with E-state index >= 15 is 0 Å². The molecule has 8 heteroatoms. The average molecular weight is 356 g/mol. The van der Waals surface area contributed by atoms with E-state index in [1.165, 1.54) is 23.3 Å². The van der Waals surface area contributed by atoms with Gasteiger partial charge in [0.15, 0.2) is 12.8 Å². The standard InChI is InChI=1S/2C9H12N4/c2*1-12-5-3-10-8(12)7-9-11-4-6-13(9)2/h2*3-6H,7H2,1-2H3/p+4. The molecule has 4 rings (SSSR count). The molecule has 0 atom stereocenters. The minimum atomic E-state index is 0.896. The van der Waals surface area contributed by atoms with Crippen LogP contribution in [0.2, 0.25) is 0 Å². The zero-order valence-electron chi connectivity index (χ0n) is 15.8. The number of aryl methyl sites for hydroxylation is 4. The highest BCUT2D eigenvalue weighted by atomic mass is 15.1. The molecule has 0 spiro atoms. The van der Waals surface area contributed by atoms with E-state index in [4.69, 9.17) is 0 Å². The predicted octanol–water partition coefficient (Wildman–Crippen LogP) is -0.835. The van der Waals surface area contributed by atoms with Crippen LogP contribution in [0.15, 0.2) is 49.6 Å². The largest absolute Gasteiger partial charge is 0.266 e. The number of H-pyrrole nitrogens is 4. The maximum Gasteiger partial charge on any atom is 0.266 e. The monoisotopic (exact) mass is 356 g/mol. The molecular formula is C18H28N8+4. The molecule has 0 fully saturated rings. The van der Waals surface area contributed by atoms with Crippen molar-refractivity contribution in [3.8, 4) is 0 Å². The molecule has 4 N–H and O–H groups in total. The maximum atomic E-state index is 3.20. The molecule has 0 amide bonds. The fraction of sp³-hybridized carbons (Fsp3) is 0.333. The number of hydrogen-bond acceptors (Lipinski definition) is 0. The summed E-state index contributed by atoms with van der Waals surface area (Å²) >= 11 is 0. The van der Waals surface area contributed by atoms with Gasteiger partial charge >= 0.3 is 0 Å². The Balaban J connectivity index is 0.000000151. The Labute approximate surface area is 152 Å². The number of nitrogens with zero attached hydrogens (tertiary/aromatic N) is 4. The first-order valence-corrected chi connectivity index (χ1v) is 8.62. The van der Waals surface area contributed by atoms with E-state index in [1.807, 2.05) is 77.8 Å². The van der Waals surface area contributed by atoms with Crippen molar-refractivity contribution in [2.75, 3.05) is 0 Å². The lowest BCUT2D eigenvalue weighted by atomic mass is 10.4. The van der Waals surface area contributed by atoms with Crippen LogP contribution < -0.4 is 18.3 Å². The summed E-state index contributed by atoms with van der Waals surface area (Å²) in [4.78, 5) is 12.8. The van der Waals surface area contributed by atoms with Gasteiger partial charge in [0.05, 0.1) is 28.2 Å². The molecule has 0 saturated carbocycles. The summed E-state index contributed by atoms with van der Waals surface area (Å²) in [5.74, 6) is 4.77. The molecule has 136 valence electrons. The lowest BCUT2D eigenvalue weighted by Gasteiger charge is -1.91. The van der Waals surface area contributed by atoms with Crippen LogP contribution in [0.25, 0.3) is 0 Å². The van der Waals surface area contributed by atoms with E-state index < -0.39 is 0 Å². The fourth-order valence-corrected chi connectivity index (χ4v) is 2.77. The fourth-order valence-electron chi connectivity index (χ4n) is 2.77. The molecule has 4 heterocycles. The van der Waals surface area contributed by atoms with Crippen LogP contribution >= 0.6 is 0 Å². The highest BCUT2D eigenvalue weighted by Crippen LogP contribution is 1.95. The molecule has 0 radical (unpaired) electrons. The zero-order valence-corrected chi connectivity index (χ0v) is 15.8. The van der Waals surface area contributed by atoms with E-state index in [0.29, 0.717) is 0 Å². The van der Waals surface area contributed by atoms with Gasteiger partial charge in [-0.2, -0.15) is 0 Å². The Morgan fingerprint density at radius 1 is 0.500 bits per heavy atom. The van der Waals surface area contributed by atoms with Crippen molar-refractivity contribution >= 4 is 0 Å². The van der Waals surface area contributed by atoms with Gasteiger partial charge < -0.3 is 0 Å². The molecule has 26 heavy (non-hydrogen) atoms. The van der Waals surface area contributed by atoms with Gasteiger partial charge in [-0.3, -0.25) is 0 Å². The third-order valence-corrected chi connectivity index (χ3v) is 4.57. The summed E-state index contributed by atoms with van der Waals surface area (Å²) in [5.41, 5.74) is 0. The Hall–Kier alpha value is -3.16. The minimum absolute atomic E-state index is 0.896. The third kappa shape index (κ3) is 4.08. The van der Waals surface area contributed by atoms with Gasteiger partial charge in [-0.05, 0) is 0 Å². The van der Waals surface area contributed by atoms with E-state index in [9.17, 15) is 0 Å². The maximum absolute atomic E-state index is 3.20. The topological polar surface area (TPSA) is 78.7 Å². The van der Waals surface area contributed by atoms with Gasteiger partial charge in [0.1, 0.15) is 49.6 Å². The van der Waals surface area contributed by atoms with E-state index in [-0.39, 0.29) is 0 Å². The predicted molar refractivity (Wildman–Crippen MR) is 93.5 cm³/mol. The lowest BCUT2D eigenvalue weighted by molar-refractivity contribution is -0.690. The summed E-state index contributed by atoms with van der Waals surface area (Å²) in [7, 11) is 8.15. The minimum Gasteiger partial charge on any atom is -0.247 e. The Bertz CT molecular complexity index is 800. The molecule has 0 aliphatic rings. The van der Waals surface area contributed by atoms with Crippen LogP contribution in [0.4, 0.5) is 0 Å². The molecule has 0 aromatic carbocycles. The zero-order chi connectivity index (χ0) is 18.5. The van der Waals surface area contributed by atoms with Crippen LogP contribution in [0, 0.1) is 0 Å². The quantitative estimate of drug-likeness (QED) is 0.344. The first kappa shape index (κ1) is 17.7.